The number of methoxy groups -OCH3 is 1. The fourth-order valence-electron chi connectivity index (χ4n) is 1.58. The molecule has 0 saturated heterocycles. The molecule has 0 amide bonds. The van der Waals surface area contributed by atoms with Crippen molar-refractivity contribution in [3.63, 3.8) is 0 Å². The van der Waals surface area contributed by atoms with Crippen molar-refractivity contribution in [3.05, 3.63) is 21.1 Å². The quantitative estimate of drug-likeness (QED) is 0.862. The fourth-order valence-corrected chi connectivity index (χ4v) is 1.93. The lowest BCUT2D eigenvalue weighted by Gasteiger charge is -2.28. The molecule has 0 saturated carbocycles. The highest BCUT2D eigenvalue weighted by atomic mass is 79.9. The number of halogens is 1. The van der Waals surface area contributed by atoms with E-state index in [1.807, 2.05) is 0 Å². The van der Waals surface area contributed by atoms with E-state index in [1.165, 1.54) is 0 Å². The van der Waals surface area contributed by atoms with E-state index in [4.69, 9.17) is 17.0 Å². The summed E-state index contributed by atoms with van der Waals surface area (Å²) in [6.07, 6.45) is 3.44. The largest absolute Gasteiger partial charge is 0.370 e. The first-order valence-corrected chi connectivity index (χ1v) is 6.10. The molecule has 0 spiro atoms. The normalized spacial score (nSPS) is 11.7. The zero-order chi connectivity index (χ0) is 11.5. The zero-order valence-corrected chi connectivity index (χ0v) is 11.5. The molecular formula is C10H15BrN2OS. The first kappa shape index (κ1) is 12.8. The van der Waals surface area contributed by atoms with Crippen LogP contribution in [0.5, 0.6) is 0 Å². The van der Waals surface area contributed by atoms with Crippen molar-refractivity contribution in [2.45, 2.75) is 32.3 Å². The van der Waals surface area contributed by atoms with E-state index in [2.05, 4.69) is 39.7 Å². The second-order valence-electron chi connectivity index (χ2n) is 3.31. The average Bonchev–Trinajstić information content (AvgIpc) is 2.26. The molecule has 0 radical (unpaired) electrons. The molecule has 1 heterocycles. The minimum Gasteiger partial charge on any atom is -0.370 e. The molecule has 1 N–H and O–H groups in total. The lowest BCUT2D eigenvalue weighted by Crippen LogP contribution is -2.29. The van der Waals surface area contributed by atoms with Crippen LogP contribution in [0.2, 0.25) is 0 Å². The summed E-state index contributed by atoms with van der Waals surface area (Å²) >= 11 is 8.48. The van der Waals surface area contributed by atoms with Gasteiger partial charge in [-0.1, -0.05) is 26.1 Å². The summed E-state index contributed by atoms with van der Waals surface area (Å²) < 4.78 is 7.02. The van der Waals surface area contributed by atoms with Crippen LogP contribution < -0.4 is 0 Å². The Kier molecular flexibility index (Phi) is 4.43. The van der Waals surface area contributed by atoms with Crippen LogP contribution in [0, 0.1) is 4.64 Å². The maximum Gasteiger partial charge on any atom is 0.139 e. The van der Waals surface area contributed by atoms with Crippen molar-refractivity contribution in [3.8, 4) is 0 Å². The number of hydrogen-bond donors (Lipinski definition) is 1. The molecule has 0 aliphatic heterocycles. The topological polar surface area (TPSA) is 37.9 Å². The molecule has 0 aromatic carbocycles. The maximum atomic E-state index is 5.56. The first-order chi connectivity index (χ1) is 7.09. The van der Waals surface area contributed by atoms with Crippen LogP contribution in [-0.4, -0.2) is 17.1 Å². The summed E-state index contributed by atoms with van der Waals surface area (Å²) in [5, 5.41) is 0. The number of aromatic amines is 1. The van der Waals surface area contributed by atoms with Crippen molar-refractivity contribution < 1.29 is 4.74 Å². The van der Waals surface area contributed by atoms with E-state index >= 15 is 0 Å². The molecule has 3 nitrogen and oxygen atoms in total. The van der Waals surface area contributed by atoms with Gasteiger partial charge in [-0.05, 0) is 28.8 Å². The second-order valence-corrected chi connectivity index (χ2v) is 4.58. The molecule has 0 fully saturated rings. The van der Waals surface area contributed by atoms with Gasteiger partial charge in [0.25, 0.3) is 0 Å². The SMILES string of the molecule is CCC(CC)(OC)c1ncc(Br)c(=S)[nH]1. The van der Waals surface area contributed by atoms with Gasteiger partial charge in [0.1, 0.15) is 16.1 Å². The summed E-state index contributed by atoms with van der Waals surface area (Å²) in [5.41, 5.74) is -0.353. The smallest absolute Gasteiger partial charge is 0.139 e. The number of nitrogens with zero attached hydrogens (tertiary/aromatic N) is 1. The van der Waals surface area contributed by atoms with Gasteiger partial charge in [-0.3, -0.25) is 0 Å². The van der Waals surface area contributed by atoms with Gasteiger partial charge < -0.3 is 9.72 Å². The van der Waals surface area contributed by atoms with Crippen LogP contribution in [0.25, 0.3) is 0 Å². The average molecular weight is 291 g/mol. The van der Waals surface area contributed by atoms with Crippen LogP contribution in [0.3, 0.4) is 0 Å². The number of H-pyrrole nitrogens is 1. The molecule has 1 rings (SSSR count). The summed E-state index contributed by atoms with van der Waals surface area (Å²) in [6, 6.07) is 0. The molecular weight excluding hydrogens is 276 g/mol. The van der Waals surface area contributed by atoms with Gasteiger partial charge in [-0.25, -0.2) is 4.98 Å². The highest BCUT2D eigenvalue weighted by Crippen LogP contribution is 2.29. The van der Waals surface area contributed by atoms with Crippen molar-refractivity contribution in [1.29, 1.82) is 0 Å². The van der Waals surface area contributed by atoms with Crippen LogP contribution in [-0.2, 0) is 10.3 Å². The Bertz CT molecular complexity index is 379. The van der Waals surface area contributed by atoms with Crippen molar-refractivity contribution in [1.82, 2.24) is 9.97 Å². The number of nitrogens with one attached hydrogen (secondary N) is 1. The van der Waals surface area contributed by atoms with Crippen molar-refractivity contribution in [2.75, 3.05) is 7.11 Å². The van der Waals surface area contributed by atoms with E-state index in [9.17, 15) is 0 Å². The predicted molar refractivity (Wildman–Crippen MR) is 66.4 cm³/mol. The van der Waals surface area contributed by atoms with E-state index in [1.54, 1.807) is 13.3 Å². The Morgan fingerprint density at radius 1 is 1.53 bits per heavy atom. The number of ether oxygens (including phenoxy) is 1. The lowest BCUT2D eigenvalue weighted by atomic mass is 9.96. The minimum atomic E-state index is -0.353. The van der Waals surface area contributed by atoms with Gasteiger partial charge >= 0.3 is 0 Å². The minimum absolute atomic E-state index is 0.353. The van der Waals surface area contributed by atoms with Gasteiger partial charge in [0.05, 0.1) is 4.47 Å². The molecule has 1 aromatic heterocycles. The Morgan fingerprint density at radius 2 is 2.13 bits per heavy atom. The molecule has 84 valence electrons. The van der Waals surface area contributed by atoms with Gasteiger partial charge in [-0.15, -0.1) is 0 Å². The highest BCUT2D eigenvalue weighted by molar-refractivity contribution is 9.10. The third-order valence-corrected chi connectivity index (χ3v) is 3.91. The zero-order valence-electron chi connectivity index (χ0n) is 9.13. The van der Waals surface area contributed by atoms with Crippen LogP contribution in [0.15, 0.2) is 10.7 Å². The van der Waals surface area contributed by atoms with Crippen molar-refractivity contribution >= 4 is 28.1 Å². The molecule has 15 heavy (non-hydrogen) atoms. The standard InChI is InChI=1S/C10H15BrN2OS/c1-4-10(5-2,14-3)9-12-6-7(11)8(15)13-9/h6H,4-5H2,1-3H3,(H,12,13,15). The van der Waals surface area contributed by atoms with E-state index in [0.717, 1.165) is 23.1 Å². The Labute approximate surface area is 103 Å². The molecule has 0 unspecified atom stereocenters. The van der Waals surface area contributed by atoms with E-state index < -0.39 is 0 Å². The first-order valence-electron chi connectivity index (χ1n) is 4.90. The van der Waals surface area contributed by atoms with E-state index in [-0.39, 0.29) is 5.60 Å². The number of aromatic nitrogens is 2. The molecule has 1 aromatic rings. The third kappa shape index (κ3) is 2.46. The second kappa shape index (κ2) is 5.18. The molecule has 0 bridgehead atoms. The molecule has 0 aliphatic rings. The van der Waals surface area contributed by atoms with Gasteiger partial charge in [0.15, 0.2) is 0 Å². The summed E-state index contributed by atoms with van der Waals surface area (Å²) in [4.78, 5) is 7.43. The van der Waals surface area contributed by atoms with Crippen LogP contribution >= 0.6 is 28.1 Å². The molecule has 5 heteroatoms. The van der Waals surface area contributed by atoms with Crippen molar-refractivity contribution in [2.24, 2.45) is 0 Å². The van der Waals surface area contributed by atoms with Crippen LogP contribution in [0.4, 0.5) is 0 Å². The van der Waals surface area contributed by atoms with Gasteiger partial charge in [0.2, 0.25) is 0 Å². The Hall–Kier alpha value is -0.260. The lowest BCUT2D eigenvalue weighted by molar-refractivity contribution is -0.0292. The monoisotopic (exact) mass is 290 g/mol. The number of hydrogen-bond acceptors (Lipinski definition) is 3. The van der Waals surface area contributed by atoms with Gasteiger partial charge in [-0.2, -0.15) is 0 Å². The number of rotatable bonds is 4. The Morgan fingerprint density at radius 3 is 2.53 bits per heavy atom. The highest BCUT2D eigenvalue weighted by Gasteiger charge is 2.30. The Balaban J connectivity index is 3.23. The predicted octanol–water partition coefficient (Wildman–Crippen LogP) is 3.56. The maximum absolute atomic E-state index is 5.56. The van der Waals surface area contributed by atoms with Crippen LogP contribution in [0.1, 0.15) is 32.5 Å². The summed E-state index contributed by atoms with van der Waals surface area (Å²) in [6.45, 7) is 4.15. The summed E-state index contributed by atoms with van der Waals surface area (Å²) in [7, 11) is 1.70. The molecule has 0 aliphatic carbocycles. The summed E-state index contributed by atoms with van der Waals surface area (Å²) in [5.74, 6) is 0.795. The molecule has 0 atom stereocenters. The van der Waals surface area contributed by atoms with E-state index in [0.29, 0.717) is 4.64 Å². The van der Waals surface area contributed by atoms with Gasteiger partial charge in [0, 0.05) is 13.3 Å². The third-order valence-electron chi connectivity index (χ3n) is 2.72. The fraction of sp³-hybridized carbons (Fsp3) is 0.600.